The molecule has 126 valence electrons. The Hall–Kier alpha value is -2.46. The van der Waals surface area contributed by atoms with E-state index in [1.807, 2.05) is 58.9 Å². The molecule has 0 fully saturated rings. The summed E-state index contributed by atoms with van der Waals surface area (Å²) in [6.07, 6.45) is 2.61. The van der Waals surface area contributed by atoms with Crippen molar-refractivity contribution in [3.8, 4) is 0 Å². The zero-order chi connectivity index (χ0) is 17.1. The van der Waals surface area contributed by atoms with Crippen molar-refractivity contribution in [3.63, 3.8) is 0 Å². The van der Waals surface area contributed by atoms with E-state index in [0.717, 1.165) is 30.5 Å². The summed E-state index contributed by atoms with van der Waals surface area (Å²) in [7, 11) is 0. The second-order valence-electron chi connectivity index (χ2n) is 6.41. The summed E-state index contributed by atoms with van der Waals surface area (Å²) >= 11 is 1.68. The van der Waals surface area contributed by atoms with E-state index in [1.165, 1.54) is 10.6 Å². The van der Waals surface area contributed by atoms with Crippen LogP contribution in [0.2, 0.25) is 0 Å². The van der Waals surface area contributed by atoms with Crippen LogP contribution in [0.3, 0.4) is 0 Å². The number of anilines is 1. The van der Waals surface area contributed by atoms with E-state index >= 15 is 0 Å². The Morgan fingerprint density at radius 2 is 1.80 bits per heavy atom. The molecule has 3 aromatic rings. The predicted octanol–water partition coefficient (Wildman–Crippen LogP) is 4.48. The lowest BCUT2D eigenvalue weighted by Gasteiger charge is -2.29. The number of amides is 1. The van der Waals surface area contributed by atoms with Crippen molar-refractivity contribution in [1.29, 1.82) is 0 Å². The molecule has 1 aliphatic rings. The highest BCUT2D eigenvalue weighted by atomic mass is 32.1. The third-order valence-corrected chi connectivity index (χ3v) is 5.65. The Morgan fingerprint density at radius 3 is 2.56 bits per heavy atom. The van der Waals surface area contributed by atoms with Gasteiger partial charge in [-0.15, -0.1) is 11.3 Å². The molecule has 0 spiro atoms. The number of carbonyl (C=O) groups is 1. The molecule has 0 bridgehead atoms. The Balaban J connectivity index is 1.60. The second-order valence-corrected chi connectivity index (χ2v) is 7.35. The van der Waals surface area contributed by atoms with Gasteiger partial charge in [0.05, 0.1) is 17.7 Å². The van der Waals surface area contributed by atoms with Crippen molar-refractivity contribution < 1.29 is 4.79 Å². The lowest BCUT2D eigenvalue weighted by Crippen LogP contribution is -2.38. The second kappa shape index (κ2) is 7.19. The van der Waals surface area contributed by atoms with Crippen molar-refractivity contribution in [2.45, 2.75) is 25.8 Å². The first-order valence-corrected chi connectivity index (χ1v) is 9.51. The average molecular weight is 348 g/mol. The number of nitrogens with zero attached hydrogens (tertiary/aromatic N) is 2. The predicted molar refractivity (Wildman–Crippen MR) is 102 cm³/mol. The first-order chi connectivity index (χ1) is 12.3. The van der Waals surface area contributed by atoms with E-state index in [4.69, 9.17) is 0 Å². The summed E-state index contributed by atoms with van der Waals surface area (Å²) < 4.78 is 0. The van der Waals surface area contributed by atoms with E-state index in [-0.39, 0.29) is 11.8 Å². The number of thiazole rings is 1. The molecule has 0 aliphatic heterocycles. The van der Waals surface area contributed by atoms with Crippen LogP contribution in [-0.4, -0.2) is 10.9 Å². The lowest BCUT2D eigenvalue weighted by molar-refractivity contribution is -0.122. The maximum atomic E-state index is 13.3. The normalized spacial score (nSPS) is 16.2. The highest BCUT2D eigenvalue weighted by molar-refractivity contribution is 7.09. The summed E-state index contributed by atoms with van der Waals surface area (Å²) in [5, 5.41) is 0. The smallest absolute Gasteiger partial charge is 0.230 e. The number of rotatable bonds is 4. The van der Waals surface area contributed by atoms with E-state index in [1.54, 1.807) is 11.3 Å². The highest BCUT2D eigenvalue weighted by Crippen LogP contribution is 2.30. The van der Waals surface area contributed by atoms with Crippen LogP contribution in [0.15, 0.2) is 66.2 Å². The summed E-state index contributed by atoms with van der Waals surface area (Å²) in [5.41, 5.74) is 5.19. The average Bonchev–Trinajstić information content (AvgIpc) is 3.15. The Kier molecular flexibility index (Phi) is 4.61. The van der Waals surface area contributed by atoms with Crippen molar-refractivity contribution in [3.05, 3.63) is 82.3 Å². The van der Waals surface area contributed by atoms with Gasteiger partial charge >= 0.3 is 0 Å². The van der Waals surface area contributed by atoms with Gasteiger partial charge in [-0.2, -0.15) is 0 Å². The van der Waals surface area contributed by atoms with Gasteiger partial charge in [0.15, 0.2) is 0 Å². The number of hydrogen-bond acceptors (Lipinski definition) is 3. The van der Waals surface area contributed by atoms with Crippen LogP contribution >= 0.6 is 11.3 Å². The highest BCUT2D eigenvalue weighted by Gasteiger charge is 2.30. The van der Waals surface area contributed by atoms with Gasteiger partial charge in [0.1, 0.15) is 0 Å². The Labute approximate surface area is 152 Å². The van der Waals surface area contributed by atoms with Gasteiger partial charge < -0.3 is 4.90 Å². The minimum absolute atomic E-state index is 0.0388. The van der Waals surface area contributed by atoms with Gasteiger partial charge in [0, 0.05) is 16.5 Å². The monoisotopic (exact) mass is 348 g/mol. The molecule has 1 unspecified atom stereocenters. The minimum atomic E-state index is 0.0388. The van der Waals surface area contributed by atoms with Crippen molar-refractivity contribution in [2.75, 3.05) is 4.90 Å². The molecule has 1 amide bonds. The molecule has 0 saturated carbocycles. The largest absolute Gasteiger partial charge is 0.308 e. The summed E-state index contributed by atoms with van der Waals surface area (Å²) in [4.78, 5) is 21.0. The van der Waals surface area contributed by atoms with Gasteiger partial charge in [0.25, 0.3) is 0 Å². The third-order valence-electron chi connectivity index (χ3n) is 4.75. The standard InChI is InChI=1S/C21H20N2OS/c24-21(17-11-12-19-20(13-17)25-15-22-19)23(18-9-5-2-6-10-18)14-16-7-3-1-4-8-16/h1-10,15,17H,11-14H2. The fraction of sp³-hybridized carbons (Fsp3) is 0.238. The number of fused-ring (bicyclic) bond motifs is 1. The topological polar surface area (TPSA) is 33.2 Å². The van der Waals surface area contributed by atoms with E-state index in [0.29, 0.717) is 6.54 Å². The Bertz CT molecular complexity index is 845. The Morgan fingerprint density at radius 1 is 1.08 bits per heavy atom. The minimum Gasteiger partial charge on any atom is -0.308 e. The zero-order valence-electron chi connectivity index (χ0n) is 14.0. The number of carbonyl (C=O) groups excluding carboxylic acids is 1. The number of hydrogen-bond donors (Lipinski definition) is 0. The molecule has 0 saturated heterocycles. The first-order valence-electron chi connectivity index (χ1n) is 8.63. The molecule has 4 heteroatoms. The van der Waals surface area contributed by atoms with Gasteiger partial charge in [-0.05, 0) is 37.0 Å². The molecule has 1 aromatic heterocycles. The van der Waals surface area contributed by atoms with E-state index < -0.39 is 0 Å². The zero-order valence-corrected chi connectivity index (χ0v) is 14.8. The molecule has 25 heavy (non-hydrogen) atoms. The summed E-state index contributed by atoms with van der Waals surface area (Å²) in [6, 6.07) is 20.2. The number of benzene rings is 2. The SMILES string of the molecule is O=C(C1CCc2ncsc2C1)N(Cc1ccccc1)c1ccccc1. The molecule has 1 atom stereocenters. The third kappa shape index (κ3) is 3.49. The molecule has 4 rings (SSSR count). The van der Waals surface area contributed by atoms with Crippen molar-refractivity contribution >= 4 is 22.9 Å². The lowest BCUT2D eigenvalue weighted by atomic mass is 9.89. The molecule has 3 nitrogen and oxygen atoms in total. The van der Waals surface area contributed by atoms with Crippen LogP contribution < -0.4 is 4.90 Å². The van der Waals surface area contributed by atoms with Gasteiger partial charge in [-0.25, -0.2) is 4.98 Å². The van der Waals surface area contributed by atoms with Gasteiger partial charge in [-0.3, -0.25) is 4.79 Å². The maximum absolute atomic E-state index is 13.3. The molecule has 0 N–H and O–H groups in total. The van der Waals surface area contributed by atoms with Crippen LogP contribution in [0.5, 0.6) is 0 Å². The van der Waals surface area contributed by atoms with Crippen LogP contribution in [0.25, 0.3) is 0 Å². The number of aryl methyl sites for hydroxylation is 1. The van der Waals surface area contributed by atoms with E-state index in [2.05, 4.69) is 17.1 Å². The fourth-order valence-electron chi connectivity index (χ4n) is 3.40. The number of aromatic nitrogens is 1. The molecule has 0 radical (unpaired) electrons. The van der Waals surface area contributed by atoms with E-state index in [9.17, 15) is 4.79 Å². The number of para-hydroxylation sites is 1. The molecule has 1 heterocycles. The van der Waals surface area contributed by atoms with Crippen LogP contribution in [0, 0.1) is 5.92 Å². The summed E-state index contributed by atoms with van der Waals surface area (Å²) in [6.45, 7) is 0.607. The molecular weight excluding hydrogens is 328 g/mol. The first kappa shape index (κ1) is 16.0. The van der Waals surface area contributed by atoms with Gasteiger partial charge in [-0.1, -0.05) is 48.5 Å². The molecule has 1 aliphatic carbocycles. The van der Waals surface area contributed by atoms with Crippen LogP contribution in [0.1, 0.15) is 22.6 Å². The summed E-state index contributed by atoms with van der Waals surface area (Å²) in [5.74, 6) is 0.256. The van der Waals surface area contributed by atoms with Crippen LogP contribution in [-0.2, 0) is 24.2 Å². The quantitative estimate of drug-likeness (QED) is 0.696. The molecule has 2 aromatic carbocycles. The van der Waals surface area contributed by atoms with Crippen molar-refractivity contribution in [2.24, 2.45) is 5.92 Å². The molecular formula is C21H20N2OS. The van der Waals surface area contributed by atoms with Crippen LogP contribution in [0.4, 0.5) is 5.69 Å². The maximum Gasteiger partial charge on any atom is 0.230 e. The van der Waals surface area contributed by atoms with Crippen molar-refractivity contribution in [1.82, 2.24) is 4.98 Å². The van der Waals surface area contributed by atoms with Gasteiger partial charge in [0.2, 0.25) is 5.91 Å². The fourth-order valence-corrected chi connectivity index (χ4v) is 4.30.